The molecule has 1 N–H and O–H groups in total. The molecule has 10 heteroatoms. The van der Waals surface area contributed by atoms with Crippen LogP contribution < -0.4 is 5.32 Å². The molecule has 0 saturated carbocycles. The standard InChI is InChI=1S/C16H12N4O6/c21-16(10-7-11(19(22)23)9-12(8-10)20(24)25)18-14-4-2-1-3-13(14)15-5-6-17-26-15/h1-4,6-9,15H,5H2,(H,18,21)/t15-/m1/s1. The Morgan fingerprint density at radius 1 is 1.12 bits per heavy atom. The highest BCUT2D eigenvalue weighted by Crippen LogP contribution is 2.31. The lowest BCUT2D eigenvalue weighted by atomic mass is 10.0. The molecular formula is C16H12N4O6. The van der Waals surface area contributed by atoms with Crippen LogP contribution in [0.25, 0.3) is 0 Å². The number of nitrogens with one attached hydrogen (secondary N) is 1. The SMILES string of the molecule is O=C(Nc1ccccc1[C@H]1CC=NO1)c1cc([N+](=O)[O-])cc([N+](=O)[O-])c1. The smallest absolute Gasteiger partial charge is 0.277 e. The maximum Gasteiger partial charge on any atom is 0.277 e. The average molecular weight is 356 g/mol. The summed E-state index contributed by atoms with van der Waals surface area (Å²) in [6, 6.07) is 9.63. The Bertz CT molecular complexity index is 886. The van der Waals surface area contributed by atoms with Gasteiger partial charge in [-0.1, -0.05) is 23.4 Å². The number of carbonyl (C=O) groups excluding carboxylic acids is 1. The molecule has 0 unspecified atom stereocenters. The fraction of sp³-hybridized carbons (Fsp3) is 0.125. The number of nitro benzene ring substituents is 2. The zero-order chi connectivity index (χ0) is 18.7. The Morgan fingerprint density at radius 2 is 1.77 bits per heavy atom. The predicted octanol–water partition coefficient (Wildman–Crippen LogP) is 3.20. The minimum atomic E-state index is -0.790. The summed E-state index contributed by atoms with van der Waals surface area (Å²) in [5.41, 5.74) is -0.153. The molecule has 1 amide bonds. The van der Waals surface area contributed by atoms with E-state index in [1.165, 1.54) is 0 Å². The van der Waals surface area contributed by atoms with Crippen molar-refractivity contribution < 1.29 is 19.5 Å². The number of anilines is 1. The number of rotatable bonds is 5. The second-order valence-electron chi connectivity index (χ2n) is 5.41. The van der Waals surface area contributed by atoms with Gasteiger partial charge in [-0.05, 0) is 6.07 Å². The van der Waals surface area contributed by atoms with Gasteiger partial charge in [0.25, 0.3) is 17.3 Å². The molecule has 26 heavy (non-hydrogen) atoms. The van der Waals surface area contributed by atoms with E-state index in [-0.39, 0.29) is 11.7 Å². The van der Waals surface area contributed by atoms with E-state index in [0.717, 1.165) is 18.2 Å². The molecule has 0 aromatic heterocycles. The minimum absolute atomic E-state index is 0.190. The van der Waals surface area contributed by atoms with E-state index in [1.807, 2.05) is 0 Å². The third-order valence-corrected chi connectivity index (χ3v) is 3.72. The predicted molar refractivity (Wildman–Crippen MR) is 91.1 cm³/mol. The second-order valence-corrected chi connectivity index (χ2v) is 5.41. The second kappa shape index (κ2) is 6.97. The maximum absolute atomic E-state index is 12.5. The summed E-state index contributed by atoms with van der Waals surface area (Å²) >= 11 is 0. The molecule has 1 heterocycles. The van der Waals surface area contributed by atoms with Crippen LogP contribution in [0.4, 0.5) is 17.1 Å². The Kier molecular flexibility index (Phi) is 4.56. The summed E-state index contributed by atoms with van der Waals surface area (Å²) in [5, 5.41) is 28.2. The summed E-state index contributed by atoms with van der Waals surface area (Å²) in [7, 11) is 0. The largest absolute Gasteiger partial charge is 0.387 e. The lowest BCUT2D eigenvalue weighted by molar-refractivity contribution is -0.394. The highest BCUT2D eigenvalue weighted by atomic mass is 16.6. The topological polar surface area (TPSA) is 137 Å². The van der Waals surface area contributed by atoms with Crippen LogP contribution in [0, 0.1) is 20.2 Å². The van der Waals surface area contributed by atoms with Gasteiger partial charge in [0.1, 0.15) is 0 Å². The minimum Gasteiger partial charge on any atom is -0.387 e. The van der Waals surface area contributed by atoms with Gasteiger partial charge in [0.05, 0.1) is 21.5 Å². The van der Waals surface area contributed by atoms with Crippen LogP contribution in [0.1, 0.15) is 28.4 Å². The van der Waals surface area contributed by atoms with Gasteiger partial charge in [-0.15, -0.1) is 0 Å². The van der Waals surface area contributed by atoms with E-state index < -0.39 is 27.1 Å². The molecule has 2 aromatic carbocycles. The van der Waals surface area contributed by atoms with Gasteiger partial charge < -0.3 is 10.2 Å². The molecule has 0 radical (unpaired) electrons. The number of benzene rings is 2. The van der Waals surface area contributed by atoms with Gasteiger partial charge in [-0.3, -0.25) is 25.0 Å². The van der Waals surface area contributed by atoms with Crippen LogP contribution in [-0.4, -0.2) is 22.0 Å². The number of para-hydroxylation sites is 1. The average Bonchev–Trinajstić information content (AvgIpc) is 3.16. The summed E-state index contributed by atoms with van der Waals surface area (Å²) in [5.74, 6) is -0.705. The van der Waals surface area contributed by atoms with Gasteiger partial charge in [-0.2, -0.15) is 0 Å². The van der Waals surface area contributed by atoms with Crippen molar-refractivity contribution in [3.8, 4) is 0 Å². The van der Waals surface area contributed by atoms with Crippen molar-refractivity contribution in [1.82, 2.24) is 0 Å². The van der Waals surface area contributed by atoms with Crippen LogP contribution in [-0.2, 0) is 4.84 Å². The van der Waals surface area contributed by atoms with Crippen LogP contribution >= 0.6 is 0 Å². The van der Waals surface area contributed by atoms with Gasteiger partial charge in [0.15, 0.2) is 6.10 Å². The number of oxime groups is 1. The fourth-order valence-electron chi connectivity index (χ4n) is 2.51. The van der Waals surface area contributed by atoms with Crippen LogP contribution in [0.2, 0.25) is 0 Å². The van der Waals surface area contributed by atoms with Crippen molar-refractivity contribution in [1.29, 1.82) is 0 Å². The van der Waals surface area contributed by atoms with E-state index >= 15 is 0 Å². The first kappa shape index (κ1) is 17.0. The molecule has 0 bridgehead atoms. The van der Waals surface area contributed by atoms with Crippen molar-refractivity contribution in [3.63, 3.8) is 0 Å². The third kappa shape index (κ3) is 3.48. The quantitative estimate of drug-likeness (QED) is 0.645. The summed E-state index contributed by atoms with van der Waals surface area (Å²) in [6.07, 6.45) is 1.79. The van der Waals surface area contributed by atoms with Crippen molar-refractivity contribution in [2.75, 3.05) is 5.32 Å². The maximum atomic E-state index is 12.5. The van der Waals surface area contributed by atoms with Crippen molar-refractivity contribution in [3.05, 3.63) is 73.8 Å². The fourth-order valence-corrected chi connectivity index (χ4v) is 2.51. The van der Waals surface area contributed by atoms with Gasteiger partial charge in [0.2, 0.25) is 0 Å². The normalized spacial score (nSPS) is 15.3. The number of hydrogen-bond acceptors (Lipinski definition) is 7. The van der Waals surface area contributed by atoms with Crippen LogP contribution in [0.3, 0.4) is 0 Å². The van der Waals surface area contributed by atoms with E-state index in [1.54, 1.807) is 30.5 Å². The van der Waals surface area contributed by atoms with E-state index in [0.29, 0.717) is 17.7 Å². The first-order valence-electron chi connectivity index (χ1n) is 7.47. The van der Waals surface area contributed by atoms with Crippen molar-refractivity contribution >= 4 is 29.2 Å². The Labute approximate surface area is 146 Å². The number of carbonyl (C=O) groups is 1. The molecule has 1 atom stereocenters. The number of amides is 1. The number of non-ortho nitro benzene ring substituents is 2. The molecule has 10 nitrogen and oxygen atoms in total. The monoisotopic (exact) mass is 356 g/mol. The zero-order valence-corrected chi connectivity index (χ0v) is 13.2. The first-order valence-corrected chi connectivity index (χ1v) is 7.47. The molecule has 0 aliphatic carbocycles. The van der Waals surface area contributed by atoms with Gasteiger partial charge in [-0.25, -0.2) is 0 Å². The molecule has 132 valence electrons. The Morgan fingerprint density at radius 3 is 2.35 bits per heavy atom. The number of nitro groups is 2. The van der Waals surface area contributed by atoms with Gasteiger partial charge >= 0.3 is 0 Å². The molecule has 0 spiro atoms. The summed E-state index contributed by atoms with van der Waals surface area (Å²) in [6.45, 7) is 0. The van der Waals surface area contributed by atoms with Crippen LogP contribution in [0.15, 0.2) is 47.6 Å². The van der Waals surface area contributed by atoms with E-state index in [4.69, 9.17) is 4.84 Å². The Balaban J connectivity index is 1.91. The number of hydrogen-bond donors (Lipinski definition) is 1. The summed E-state index contributed by atoms with van der Waals surface area (Å²) < 4.78 is 0. The lowest BCUT2D eigenvalue weighted by Crippen LogP contribution is -2.15. The highest BCUT2D eigenvalue weighted by Gasteiger charge is 2.23. The Hall–Kier alpha value is -3.82. The first-order chi connectivity index (χ1) is 12.5. The highest BCUT2D eigenvalue weighted by molar-refractivity contribution is 6.05. The van der Waals surface area contributed by atoms with Crippen molar-refractivity contribution in [2.24, 2.45) is 5.16 Å². The lowest BCUT2D eigenvalue weighted by Gasteiger charge is -2.14. The molecule has 2 aromatic rings. The zero-order valence-electron chi connectivity index (χ0n) is 13.2. The molecular weight excluding hydrogens is 344 g/mol. The number of nitrogens with zero attached hydrogens (tertiary/aromatic N) is 3. The van der Waals surface area contributed by atoms with Crippen molar-refractivity contribution in [2.45, 2.75) is 12.5 Å². The summed E-state index contributed by atoms with van der Waals surface area (Å²) in [4.78, 5) is 38.0. The molecule has 0 fully saturated rings. The molecule has 1 aliphatic heterocycles. The van der Waals surface area contributed by atoms with E-state index in [9.17, 15) is 25.0 Å². The third-order valence-electron chi connectivity index (χ3n) is 3.72. The molecule has 0 saturated heterocycles. The molecule has 1 aliphatic rings. The molecule has 3 rings (SSSR count). The van der Waals surface area contributed by atoms with Crippen LogP contribution in [0.5, 0.6) is 0 Å². The van der Waals surface area contributed by atoms with E-state index in [2.05, 4.69) is 10.5 Å². The van der Waals surface area contributed by atoms with Gasteiger partial charge in [0, 0.05) is 36.0 Å².